The van der Waals surface area contributed by atoms with Crippen molar-refractivity contribution in [1.82, 2.24) is 0 Å². The van der Waals surface area contributed by atoms with Gasteiger partial charge in [-0.1, -0.05) is 26.7 Å². The lowest BCUT2D eigenvalue weighted by Crippen LogP contribution is -2.90. The number of rotatable bonds is 4. The number of nitrogens with two attached hydrogens (primary N) is 1. The van der Waals surface area contributed by atoms with Crippen LogP contribution >= 0.6 is 0 Å². The largest absolute Gasteiger partial charge is 0.391 e. The molecule has 0 bridgehead atoms. The van der Waals surface area contributed by atoms with E-state index >= 15 is 0 Å². The Balaban J connectivity index is 1.55. The SMILES string of the molecule is C[C@@]12CCCC[C@H]1CC[C@H]1[C@H]3CC[C@@](O)(C[NH2+]CCO)[C@]3(C)CC[C@@H]12. The average Bonchev–Trinajstić information content (AvgIpc) is 2.86. The lowest BCUT2D eigenvalue weighted by molar-refractivity contribution is -0.671. The maximum atomic E-state index is 11.5. The van der Waals surface area contributed by atoms with Gasteiger partial charge in [0.05, 0.1) is 13.2 Å². The minimum Gasteiger partial charge on any atom is -0.391 e. The topological polar surface area (TPSA) is 57.1 Å². The summed E-state index contributed by atoms with van der Waals surface area (Å²) in [6.45, 7) is 6.74. The van der Waals surface area contributed by atoms with Gasteiger partial charge >= 0.3 is 0 Å². The molecule has 25 heavy (non-hydrogen) atoms. The van der Waals surface area contributed by atoms with E-state index in [4.69, 9.17) is 5.11 Å². The van der Waals surface area contributed by atoms with Crippen LogP contribution in [0.15, 0.2) is 0 Å². The third-order valence-corrected chi connectivity index (χ3v) is 9.72. The number of hydrogen-bond donors (Lipinski definition) is 3. The summed E-state index contributed by atoms with van der Waals surface area (Å²) in [5, 5.41) is 22.8. The average molecular weight is 351 g/mol. The Hall–Kier alpha value is -0.120. The Labute approximate surface area is 154 Å². The van der Waals surface area contributed by atoms with Crippen molar-refractivity contribution in [3.05, 3.63) is 0 Å². The maximum Gasteiger partial charge on any atom is 0.119 e. The van der Waals surface area contributed by atoms with Crippen molar-refractivity contribution >= 4 is 0 Å². The molecule has 3 nitrogen and oxygen atoms in total. The molecule has 0 aliphatic heterocycles. The molecule has 0 unspecified atom stereocenters. The molecule has 4 saturated carbocycles. The molecule has 0 aromatic carbocycles. The molecule has 144 valence electrons. The summed E-state index contributed by atoms with van der Waals surface area (Å²) in [6, 6.07) is 0. The zero-order valence-electron chi connectivity index (χ0n) is 16.5. The van der Waals surface area contributed by atoms with Crippen LogP contribution in [-0.4, -0.2) is 35.5 Å². The monoisotopic (exact) mass is 350 g/mol. The van der Waals surface area contributed by atoms with Gasteiger partial charge < -0.3 is 15.5 Å². The van der Waals surface area contributed by atoms with Gasteiger partial charge in [-0.25, -0.2) is 0 Å². The molecule has 4 aliphatic rings. The van der Waals surface area contributed by atoms with Crippen molar-refractivity contribution in [2.24, 2.45) is 34.5 Å². The summed E-state index contributed by atoms with van der Waals surface area (Å²) in [5.41, 5.74) is 0.159. The third-order valence-electron chi connectivity index (χ3n) is 9.72. The molecule has 0 radical (unpaired) electrons. The second-order valence-electron chi connectivity index (χ2n) is 10.4. The Morgan fingerprint density at radius 3 is 2.52 bits per heavy atom. The smallest absolute Gasteiger partial charge is 0.119 e. The summed E-state index contributed by atoms with van der Waals surface area (Å²) in [7, 11) is 0. The number of quaternary nitrogens is 1. The molecule has 0 aromatic heterocycles. The highest BCUT2D eigenvalue weighted by molar-refractivity contribution is 5.13. The second-order valence-corrected chi connectivity index (χ2v) is 10.4. The number of fused-ring (bicyclic) bond motifs is 5. The summed E-state index contributed by atoms with van der Waals surface area (Å²) in [4.78, 5) is 0. The van der Waals surface area contributed by atoms with Crippen LogP contribution in [-0.2, 0) is 0 Å². The molecule has 4 fully saturated rings. The highest BCUT2D eigenvalue weighted by Crippen LogP contribution is 2.67. The van der Waals surface area contributed by atoms with Crippen LogP contribution in [0, 0.1) is 34.5 Å². The normalized spacial score (nSPS) is 52.3. The lowest BCUT2D eigenvalue weighted by Gasteiger charge is -2.61. The predicted molar refractivity (Wildman–Crippen MR) is 100 cm³/mol. The second kappa shape index (κ2) is 6.49. The maximum absolute atomic E-state index is 11.5. The van der Waals surface area contributed by atoms with Crippen LogP contribution in [0.4, 0.5) is 0 Å². The quantitative estimate of drug-likeness (QED) is 0.683. The van der Waals surface area contributed by atoms with E-state index in [9.17, 15) is 5.11 Å². The molecule has 4 aliphatic carbocycles. The van der Waals surface area contributed by atoms with Gasteiger partial charge in [0.15, 0.2) is 0 Å². The molecule has 0 amide bonds. The molecule has 0 aromatic rings. The van der Waals surface area contributed by atoms with E-state index in [1.165, 1.54) is 57.8 Å². The fraction of sp³-hybridized carbons (Fsp3) is 1.00. The van der Waals surface area contributed by atoms with Gasteiger partial charge in [0.25, 0.3) is 0 Å². The highest BCUT2D eigenvalue weighted by Gasteiger charge is 2.64. The fourth-order valence-electron chi connectivity index (χ4n) is 8.17. The van der Waals surface area contributed by atoms with Gasteiger partial charge in [-0.05, 0) is 80.5 Å². The molecule has 3 heteroatoms. The van der Waals surface area contributed by atoms with E-state index in [0.717, 1.165) is 43.2 Å². The molecule has 4 N–H and O–H groups in total. The number of hydrogen-bond acceptors (Lipinski definition) is 2. The van der Waals surface area contributed by atoms with Crippen LogP contribution in [0.3, 0.4) is 0 Å². The van der Waals surface area contributed by atoms with Crippen molar-refractivity contribution in [2.75, 3.05) is 19.7 Å². The van der Waals surface area contributed by atoms with Gasteiger partial charge in [-0.2, -0.15) is 0 Å². The molecular formula is C22H40NO2+. The van der Waals surface area contributed by atoms with Crippen LogP contribution in [0.2, 0.25) is 0 Å². The van der Waals surface area contributed by atoms with Gasteiger partial charge in [0.1, 0.15) is 12.1 Å². The van der Waals surface area contributed by atoms with E-state index in [1.807, 2.05) is 0 Å². The van der Waals surface area contributed by atoms with Crippen LogP contribution < -0.4 is 5.32 Å². The van der Waals surface area contributed by atoms with E-state index < -0.39 is 5.60 Å². The summed E-state index contributed by atoms with van der Waals surface area (Å²) < 4.78 is 0. The predicted octanol–water partition coefficient (Wildman–Crippen LogP) is 2.71. The Kier molecular flexibility index (Phi) is 4.74. The number of aliphatic hydroxyl groups is 2. The first-order valence-electron chi connectivity index (χ1n) is 11.1. The molecule has 4 rings (SSSR count). The van der Waals surface area contributed by atoms with E-state index in [2.05, 4.69) is 19.2 Å². The Morgan fingerprint density at radius 1 is 0.920 bits per heavy atom. The van der Waals surface area contributed by atoms with Gasteiger partial charge in [-0.3, -0.25) is 0 Å². The minimum atomic E-state index is -0.526. The van der Waals surface area contributed by atoms with Crippen LogP contribution in [0.25, 0.3) is 0 Å². The van der Waals surface area contributed by atoms with E-state index in [0.29, 0.717) is 5.41 Å². The standard InChI is InChI=1S/C22H39NO2/c1-20-10-4-3-5-16(20)6-7-17-18(20)8-11-21(2)19(17)9-12-22(21,25)15-23-13-14-24/h16-19,23-25H,3-15H2,1-2H3/p+1/t16-,17+,18-,19+,20+,21+,22+/m0/s1. The van der Waals surface area contributed by atoms with Crippen molar-refractivity contribution in [3.8, 4) is 0 Å². The fourth-order valence-corrected chi connectivity index (χ4v) is 8.17. The van der Waals surface area contributed by atoms with E-state index in [-0.39, 0.29) is 12.0 Å². The summed E-state index contributed by atoms with van der Waals surface area (Å²) in [5.74, 6) is 3.46. The molecular weight excluding hydrogens is 310 g/mol. The zero-order valence-corrected chi connectivity index (χ0v) is 16.5. The molecule has 0 spiro atoms. The van der Waals surface area contributed by atoms with Crippen LogP contribution in [0.5, 0.6) is 0 Å². The summed E-state index contributed by atoms with van der Waals surface area (Å²) >= 11 is 0. The first kappa shape index (κ1) is 18.3. The lowest BCUT2D eigenvalue weighted by atomic mass is 9.44. The van der Waals surface area contributed by atoms with Crippen molar-refractivity contribution in [1.29, 1.82) is 0 Å². The Morgan fingerprint density at radius 2 is 1.72 bits per heavy atom. The summed E-state index contributed by atoms with van der Waals surface area (Å²) in [6.07, 6.45) is 13.4. The zero-order chi connectivity index (χ0) is 17.7. The molecule has 0 saturated heterocycles. The van der Waals surface area contributed by atoms with Gasteiger partial charge in [0, 0.05) is 5.41 Å². The first-order chi connectivity index (χ1) is 11.9. The minimum absolute atomic E-state index is 0.0952. The first-order valence-corrected chi connectivity index (χ1v) is 11.1. The van der Waals surface area contributed by atoms with Crippen molar-refractivity contribution in [3.63, 3.8) is 0 Å². The van der Waals surface area contributed by atoms with Gasteiger partial charge in [0.2, 0.25) is 0 Å². The van der Waals surface area contributed by atoms with Crippen LogP contribution in [0.1, 0.15) is 78.1 Å². The molecule has 7 atom stereocenters. The van der Waals surface area contributed by atoms with Crippen molar-refractivity contribution < 1.29 is 15.5 Å². The van der Waals surface area contributed by atoms with Crippen molar-refractivity contribution in [2.45, 2.75) is 83.7 Å². The Bertz CT molecular complexity index is 496. The van der Waals surface area contributed by atoms with E-state index in [1.54, 1.807) is 0 Å². The number of aliphatic hydroxyl groups excluding tert-OH is 1. The van der Waals surface area contributed by atoms with Gasteiger partial charge in [-0.15, -0.1) is 0 Å². The molecule has 0 heterocycles. The third kappa shape index (κ3) is 2.63. The highest BCUT2D eigenvalue weighted by atomic mass is 16.3.